The Kier molecular flexibility index (Phi) is 4.03. The Morgan fingerprint density at radius 1 is 0.920 bits per heavy atom. The van der Waals surface area contributed by atoms with Gasteiger partial charge in [0.1, 0.15) is 0 Å². The summed E-state index contributed by atoms with van der Waals surface area (Å²) < 4.78 is 23.4. The number of sulfone groups is 1. The molecule has 0 unspecified atom stereocenters. The van der Waals surface area contributed by atoms with Crippen LogP contribution in [0, 0.1) is 5.41 Å². The van der Waals surface area contributed by atoms with Crippen LogP contribution in [-0.2, 0) is 9.84 Å². The SMILES string of the molecule is CS(=O)(=O)c1ccc(C2=C(c3ccccc3)CC3(CCCC3)C2)nc1. The molecular weight excluding hydrogens is 330 g/mol. The molecule has 0 amide bonds. The van der Waals surface area contributed by atoms with E-state index in [0.717, 1.165) is 18.5 Å². The molecule has 0 N–H and O–H groups in total. The van der Waals surface area contributed by atoms with Gasteiger partial charge in [-0.25, -0.2) is 8.42 Å². The van der Waals surface area contributed by atoms with Gasteiger partial charge in [0.2, 0.25) is 0 Å². The van der Waals surface area contributed by atoms with E-state index in [1.54, 1.807) is 6.07 Å². The highest BCUT2D eigenvalue weighted by Gasteiger charge is 2.41. The van der Waals surface area contributed by atoms with E-state index in [2.05, 4.69) is 29.2 Å². The molecule has 2 aromatic rings. The average Bonchev–Trinajstić information content (AvgIpc) is 3.23. The summed E-state index contributed by atoms with van der Waals surface area (Å²) in [4.78, 5) is 4.80. The van der Waals surface area contributed by atoms with Gasteiger partial charge in [0.15, 0.2) is 9.84 Å². The van der Waals surface area contributed by atoms with Gasteiger partial charge in [0.05, 0.1) is 10.6 Å². The van der Waals surface area contributed by atoms with Crippen molar-refractivity contribution in [1.29, 1.82) is 0 Å². The van der Waals surface area contributed by atoms with Gasteiger partial charge in [0, 0.05) is 12.5 Å². The molecule has 1 fully saturated rings. The molecule has 130 valence electrons. The van der Waals surface area contributed by atoms with Crippen molar-refractivity contribution in [3.8, 4) is 0 Å². The van der Waals surface area contributed by atoms with Gasteiger partial charge in [0.25, 0.3) is 0 Å². The molecule has 1 saturated carbocycles. The van der Waals surface area contributed by atoms with E-state index in [9.17, 15) is 8.42 Å². The minimum atomic E-state index is -3.21. The molecular formula is C21H23NO2S. The summed E-state index contributed by atoms with van der Waals surface area (Å²) in [5.74, 6) is 0. The van der Waals surface area contributed by atoms with Crippen molar-refractivity contribution in [3.05, 3.63) is 59.9 Å². The number of aromatic nitrogens is 1. The second kappa shape index (κ2) is 6.10. The molecule has 2 aliphatic rings. The summed E-state index contributed by atoms with van der Waals surface area (Å²) >= 11 is 0. The zero-order valence-corrected chi connectivity index (χ0v) is 15.3. The molecule has 2 aliphatic carbocycles. The molecule has 1 aromatic carbocycles. The predicted octanol–water partition coefficient (Wildman–Crippen LogP) is 4.75. The van der Waals surface area contributed by atoms with Crippen LogP contribution in [0.1, 0.15) is 49.8 Å². The highest BCUT2D eigenvalue weighted by atomic mass is 32.2. The molecule has 3 nitrogen and oxygen atoms in total. The molecule has 1 aromatic heterocycles. The molecule has 0 aliphatic heterocycles. The Balaban J connectivity index is 1.77. The first-order chi connectivity index (χ1) is 12.0. The van der Waals surface area contributed by atoms with Crippen LogP contribution in [0.5, 0.6) is 0 Å². The van der Waals surface area contributed by atoms with Crippen LogP contribution in [0.2, 0.25) is 0 Å². The van der Waals surface area contributed by atoms with Crippen molar-refractivity contribution < 1.29 is 8.42 Å². The van der Waals surface area contributed by atoms with Gasteiger partial charge in [-0.05, 0) is 59.9 Å². The Bertz CT molecular complexity index is 906. The smallest absolute Gasteiger partial charge is 0.177 e. The van der Waals surface area contributed by atoms with Crippen molar-refractivity contribution in [2.24, 2.45) is 5.41 Å². The summed E-state index contributed by atoms with van der Waals surface area (Å²) in [5.41, 5.74) is 5.28. The lowest BCUT2D eigenvalue weighted by atomic mass is 9.81. The number of allylic oxidation sites excluding steroid dienone is 2. The fourth-order valence-corrected chi connectivity index (χ4v) is 5.00. The summed E-state index contributed by atoms with van der Waals surface area (Å²) in [6.07, 6.45) is 10.1. The molecule has 0 saturated heterocycles. The third kappa shape index (κ3) is 3.15. The van der Waals surface area contributed by atoms with Crippen molar-refractivity contribution >= 4 is 21.0 Å². The lowest BCUT2D eigenvalue weighted by Gasteiger charge is -2.23. The molecule has 1 spiro atoms. The topological polar surface area (TPSA) is 47.0 Å². The van der Waals surface area contributed by atoms with E-state index in [0.29, 0.717) is 5.41 Å². The second-order valence-corrected chi connectivity index (χ2v) is 9.55. The van der Waals surface area contributed by atoms with Gasteiger partial charge < -0.3 is 0 Å². The zero-order chi connectivity index (χ0) is 17.5. The van der Waals surface area contributed by atoms with Crippen LogP contribution in [0.25, 0.3) is 11.1 Å². The van der Waals surface area contributed by atoms with Gasteiger partial charge in [-0.1, -0.05) is 43.2 Å². The zero-order valence-electron chi connectivity index (χ0n) is 14.5. The predicted molar refractivity (Wildman–Crippen MR) is 101 cm³/mol. The molecule has 4 rings (SSSR count). The van der Waals surface area contributed by atoms with E-state index in [1.165, 1.54) is 54.8 Å². The number of hydrogen-bond acceptors (Lipinski definition) is 3. The van der Waals surface area contributed by atoms with Crippen LogP contribution in [0.15, 0.2) is 53.6 Å². The maximum absolute atomic E-state index is 11.7. The first-order valence-corrected chi connectivity index (χ1v) is 10.8. The van der Waals surface area contributed by atoms with Crippen LogP contribution in [0.3, 0.4) is 0 Å². The summed E-state index contributed by atoms with van der Waals surface area (Å²) in [7, 11) is -3.21. The minimum Gasteiger partial charge on any atom is -0.255 e. The van der Waals surface area contributed by atoms with Crippen molar-refractivity contribution in [1.82, 2.24) is 4.98 Å². The number of rotatable bonds is 3. The Hall–Kier alpha value is -1.94. The summed E-state index contributed by atoms with van der Waals surface area (Å²) in [6.45, 7) is 0. The third-order valence-electron chi connectivity index (χ3n) is 5.73. The second-order valence-electron chi connectivity index (χ2n) is 7.54. The number of nitrogens with zero attached hydrogens (tertiary/aromatic N) is 1. The molecule has 0 bridgehead atoms. The highest BCUT2D eigenvalue weighted by molar-refractivity contribution is 7.90. The Labute approximate surface area is 149 Å². The van der Waals surface area contributed by atoms with Gasteiger partial charge in [-0.2, -0.15) is 0 Å². The summed E-state index contributed by atoms with van der Waals surface area (Å²) in [5, 5.41) is 0. The number of pyridine rings is 1. The van der Waals surface area contributed by atoms with Crippen molar-refractivity contribution in [2.75, 3.05) is 6.26 Å². The quantitative estimate of drug-likeness (QED) is 0.800. The first kappa shape index (κ1) is 16.5. The maximum Gasteiger partial charge on any atom is 0.177 e. The van der Waals surface area contributed by atoms with Gasteiger partial charge >= 0.3 is 0 Å². The average molecular weight is 353 g/mol. The van der Waals surface area contributed by atoms with Crippen LogP contribution < -0.4 is 0 Å². The van der Waals surface area contributed by atoms with E-state index >= 15 is 0 Å². The van der Waals surface area contributed by atoms with Crippen molar-refractivity contribution in [2.45, 2.75) is 43.4 Å². The maximum atomic E-state index is 11.7. The number of benzene rings is 1. The third-order valence-corrected chi connectivity index (χ3v) is 6.83. The molecule has 4 heteroatoms. The Morgan fingerprint density at radius 3 is 2.20 bits per heavy atom. The number of hydrogen-bond donors (Lipinski definition) is 0. The standard InChI is InChI=1S/C21H23NO2S/c1-25(23,24)17-9-10-20(22-15-17)19-14-21(11-5-6-12-21)13-18(19)16-7-3-2-4-8-16/h2-4,7-10,15H,5-6,11-14H2,1H3. The normalized spacial score (nSPS) is 19.7. The molecule has 0 atom stereocenters. The lowest BCUT2D eigenvalue weighted by Crippen LogP contribution is -2.11. The lowest BCUT2D eigenvalue weighted by molar-refractivity contribution is 0.329. The highest BCUT2D eigenvalue weighted by Crippen LogP contribution is 2.57. The van der Waals surface area contributed by atoms with Gasteiger partial charge in [-0.15, -0.1) is 0 Å². The molecule has 0 radical (unpaired) electrons. The fraction of sp³-hybridized carbons (Fsp3) is 0.381. The van der Waals surface area contributed by atoms with Crippen LogP contribution in [0.4, 0.5) is 0 Å². The van der Waals surface area contributed by atoms with E-state index in [4.69, 9.17) is 0 Å². The first-order valence-electron chi connectivity index (χ1n) is 8.91. The largest absolute Gasteiger partial charge is 0.255 e. The Morgan fingerprint density at radius 2 is 1.60 bits per heavy atom. The van der Waals surface area contributed by atoms with E-state index in [-0.39, 0.29) is 4.90 Å². The minimum absolute atomic E-state index is 0.284. The van der Waals surface area contributed by atoms with E-state index in [1.807, 2.05) is 12.1 Å². The van der Waals surface area contributed by atoms with Crippen molar-refractivity contribution in [3.63, 3.8) is 0 Å². The van der Waals surface area contributed by atoms with E-state index < -0.39 is 9.84 Å². The summed E-state index contributed by atoms with van der Waals surface area (Å²) in [6, 6.07) is 14.1. The molecule has 1 heterocycles. The molecule has 25 heavy (non-hydrogen) atoms. The van der Waals surface area contributed by atoms with Gasteiger partial charge in [-0.3, -0.25) is 4.98 Å². The van der Waals surface area contributed by atoms with Crippen LogP contribution >= 0.6 is 0 Å². The monoisotopic (exact) mass is 353 g/mol. The fourth-order valence-electron chi connectivity index (χ4n) is 4.44. The van der Waals surface area contributed by atoms with Crippen LogP contribution in [-0.4, -0.2) is 19.7 Å².